The van der Waals surface area contributed by atoms with Crippen molar-refractivity contribution in [1.82, 2.24) is 4.90 Å². The summed E-state index contributed by atoms with van der Waals surface area (Å²) in [5.41, 5.74) is 5.61. The molecule has 3 unspecified atom stereocenters. The number of nitriles is 1. The molecule has 1 heterocycles. The average molecular weight is 181 g/mol. The highest BCUT2D eigenvalue weighted by molar-refractivity contribution is 4.91. The largest absolute Gasteiger partial charge is 0.315 e. The second-order valence-electron chi connectivity index (χ2n) is 4.22. The van der Waals surface area contributed by atoms with Gasteiger partial charge in [-0.15, -0.1) is 0 Å². The first-order valence-corrected chi connectivity index (χ1v) is 5.02. The van der Waals surface area contributed by atoms with Crippen LogP contribution in [0.1, 0.15) is 26.7 Å². The fourth-order valence-electron chi connectivity index (χ4n) is 1.93. The molecule has 13 heavy (non-hydrogen) atoms. The third-order valence-electron chi connectivity index (χ3n) is 2.84. The smallest absolute Gasteiger partial charge is 0.106 e. The lowest BCUT2D eigenvalue weighted by Crippen LogP contribution is -2.46. The van der Waals surface area contributed by atoms with Crippen LogP contribution in [0.2, 0.25) is 0 Å². The van der Waals surface area contributed by atoms with Gasteiger partial charge in [-0.05, 0) is 25.7 Å². The molecule has 1 aliphatic rings. The summed E-state index contributed by atoms with van der Waals surface area (Å²) in [6.45, 7) is 6.30. The Morgan fingerprint density at radius 3 is 2.85 bits per heavy atom. The van der Waals surface area contributed by atoms with E-state index in [-0.39, 0.29) is 6.04 Å². The minimum atomic E-state index is -0.326. The zero-order chi connectivity index (χ0) is 9.84. The number of hydrogen-bond donors (Lipinski definition) is 1. The van der Waals surface area contributed by atoms with Gasteiger partial charge >= 0.3 is 0 Å². The van der Waals surface area contributed by atoms with Crippen molar-refractivity contribution in [3.63, 3.8) is 0 Å². The molecular weight excluding hydrogens is 162 g/mol. The monoisotopic (exact) mass is 181 g/mol. The molecule has 0 aromatic rings. The Hall–Kier alpha value is -0.590. The van der Waals surface area contributed by atoms with Gasteiger partial charge in [-0.2, -0.15) is 5.26 Å². The summed E-state index contributed by atoms with van der Waals surface area (Å²) < 4.78 is 0. The first-order chi connectivity index (χ1) is 6.13. The summed E-state index contributed by atoms with van der Waals surface area (Å²) >= 11 is 0. The maximum atomic E-state index is 8.62. The van der Waals surface area contributed by atoms with E-state index in [0.29, 0.717) is 6.04 Å². The van der Waals surface area contributed by atoms with E-state index < -0.39 is 0 Å². The predicted octanol–water partition coefficient (Wildman–Crippen LogP) is 0.958. The summed E-state index contributed by atoms with van der Waals surface area (Å²) in [5.74, 6) is 0.752. The maximum absolute atomic E-state index is 8.62. The van der Waals surface area contributed by atoms with Gasteiger partial charge in [0.05, 0.1) is 6.07 Å². The normalized spacial score (nSPS) is 32.5. The molecule has 0 aliphatic carbocycles. The van der Waals surface area contributed by atoms with Crippen molar-refractivity contribution in [3.05, 3.63) is 0 Å². The highest BCUT2D eigenvalue weighted by Gasteiger charge is 2.23. The Morgan fingerprint density at radius 2 is 2.23 bits per heavy atom. The highest BCUT2D eigenvalue weighted by atomic mass is 15.2. The highest BCUT2D eigenvalue weighted by Crippen LogP contribution is 2.20. The molecule has 0 bridgehead atoms. The molecule has 1 saturated heterocycles. The number of rotatable bonds is 2. The van der Waals surface area contributed by atoms with Gasteiger partial charge in [-0.1, -0.05) is 6.92 Å². The van der Waals surface area contributed by atoms with Crippen molar-refractivity contribution < 1.29 is 0 Å². The molecule has 0 saturated carbocycles. The standard InChI is InChI=1S/C10H19N3/c1-8-3-4-9(2)13(6-8)7-10(12)5-11/h8-10H,3-4,6-7,12H2,1-2H3. The van der Waals surface area contributed by atoms with Gasteiger partial charge in [-0.3, -0.25) is 4.90 Å². The topological polar surface area (TPSA) is 53.0 Å². The van der Waals surface area contributed by atoms with E-state index in [1.54, 1.807) is 0 Å². The van der Waals surface area contributed by atoms with Gasteiger partial charge in [0.2, 0.25) is 0 Å². The van der Waals surface area contributed by atoms with E-state index >= 15 is 0 Å². The Labute approximate surface area is 80.5 Å². The molecular formula is C10H19N3. The average Bonchev–Trinajstić information content (AvgIpc) is 2.11. The van der Waals surface area contributed by atoms with Crippen LogP contribution in [-0.4, -0.2) is 30.1 Å². The molecule has 0 amide bonds. The summed E-state index contributed by atoms with van der Waals surface area (Å²) in [6, 6.07) is 2.35. The lowest BCUT2D eigenvalue weighted by atomic mass is 9.95. The fourth-order valence-corrected chi connectivity index (χ4v) is 1.93. The van der Waals surface area contributed by atoms with E-state index in [0.717, 1.165) is 19.0 Å². The Morgan fingerprint density at radius 1 is 1.54 bits per heavy atom. The van der Waals surface area contributed by atoms with Crippen LogP contribution in [0.15, 0.2) is 0 Å². The third kappa shape index (κ3) is 2.98. The first-order valence-electron chi connectivity index (χ1n) is 5.02. The van der Waals surface area contributed by atoms with E-state index in [2.05, 4.69) is 24.8 Å². The number of nitrogens with two attached hydrogens (primary N) is 1. The van der Waals surface area contributed by atoms with Crippen molar-refractivity contribution >= 4 is 0 Å². The summed E-state index contributed by atoms with van der Waals surface area (Å²) in [7, 11) is 0. The zero-order valence-corrected chi connectivity index (χ0v) is 8.53. The Balaban J connectivity index is 2.42. The second kappa shape index (κ2) is 4.59. The third-order valence-corrected chi connectivity index (χ3v) is 2.84. The molecule has 3 atom stereocenters. The number of nitrogens with zero attached hydrogens (tertiary/aromatic N) is 2. The Kier molecular flexibility index (Phi) is 3.71. The number of likely N-dealkylation sites (tertiary alicyclic amines) is 1. The lowest BCUT2D eigenvalue weighted by Gasteiger charge is -2.37. The molecule has 1 aliphatic heterocycles. The van der Waals surface area contributed by atoms with Crippen LogP contribution in [0.3, 0.4) is 0 Å². The van der Waals surface area contributed by atoms with Gasteiger partial charge in [0, 0.05) is 19.1 Å². The van der Waals surface area contributed by atoms with E-state index in [9.17, 15) is 0 Å². The predicted molar refractivity (Wildman–Crippen MR) is 53.0 cm³/mol. The lowest BCUT2D eigenvalue weighted by molar-refractivity contribution is 0.123. The van der Waals surface area contributed by atoms with Crippen molar-refractivity contribution in [2.24, 2.45) is 11.7 Å². The molecule has 1 fully saturated rings. The van der Waals surface area contributed by atoms with Gasteiger partial charge < -0.3 is 5.73 Å². The minimum Gasteiger partial charge on any atom is -0.315 e. The molecule has 3 nitrogen and oxygen atoms in total. The van der Waals surface area contributed by atoms with Gasteiger partial charge in [0.15, 0.2) is 0 Å². The number of piperidine rings is 1. The van der Waals surface area contributed by atoms with Crippen LogP contribution in [0.25, 0.3) is 0 Å². The second-order valence-corrected chi connectivity index (χ2v) is 4.22. The summed E-state index contributed by atoms with van der Waals surface area (Å²) in [5, 5.41) is 8.62. The van der Waals surface area contributed by atoms with Gasteiger partial charge in [-0.25, -0.2) is 0 Å². The van der Waals surface area contributed by atoms with Crippen LogP contribution in [0.4, 0.5) is 0 Å². The zero-order valence-electron chi connectivity index (χ0n) is 8.53. The minimum absolute atomic E-state index is 0.326. The quantitative estimate of drug-likeness (QED) is 0.690. The Bertz CT molecular complexity index is 197. The van der Waals surface area contributed by atoms with Gasteiger partial charge in [0.25, 0.3) is 0 Å². The molecule has 74 valence electrons. The van der Waals surface area contributed by atoms with E-state index in [4.69, 9.17) is 11.0 Å². The van der Waals surface area contributed by atoms with Crippen LogP contribution >= 0.6 is 0 Å². The summed E-state index contributed by atoms with van der Waals surface area (Å²) in [4.78, 5) is 2.34. The molecule has 0 radical (unpaired) electrons. The van der Waals surface area contributed by atoms with Gasteiger partial charge in [0.1, 0.15) is 6.04 Å². The van der Waals surface area contributed by atoms with Crippen molar-refractivity contribution in [2.45, 2.75) is 38.8 Å². The number of hydrogen-bond acceptors (Lipinski definition) is 3. The van der Waals surface area contributed by atoms with Crippen molar-refractivity contribution in [2.75, 3.05) is 13.1 Å². The van der Waals surface area contributed by atoms with Crippen LogP contribution in [0.5, 0.6) is 0 Å². The fraction of sp³-hybridized carbons (Fsp3) is 0.900. The van der Waals surface area contributed by atoms with Crippen LogP contribution < -0.4 is 5.73 Å². The molecule has 0 aromatic heterocycles. The summed E-state index contributed by atoms with van der Waals surface area (Å²) in [6.07, 6.45) is 2.54. The molecule has 0 aromatic carbocycles. The maximum Gasteiger partial charge on any atom is 0.106 e. The molecule has 2 N–H and O–H groups in total. The SMILES string of the molecule is CC1CCC(C)N(CC(N)C#N)C1. The van der Waals surface area contributed by atoms with Crippen LogP contribution in [-0.2, 0) is 0 Å². The van der Waals surface area contributed by atoms with Crippen LogP contribution in [0, 0.1) is 17.2 Å². The first kappa shape index (κ1) is 10.5. The van der Waals surface area contributed by atoms with Crippen molar-refractivity contribution in [3.8, 4) is 6.07 Å². The van der Waals surface area contributed by atoms with Crippen molar-refractivity contribution in [1.29, 1.82) is 5.26 Å². The molecule has 0 spiro atoms. The molecule has 1 rings (SSSR count). The van der Waals surface area contributed by atoms with E-state index in [1.165, 1.54) is 12.8 Å². The van der Waals surface area contributed by atoms with E-state index in [1.807, 2.05) is 0 Å². The molecule has 3 heteroatoms.